The Morgan fingerprint density at radius 1 is 1.29 bits per heavy atom. The number of nitrogens with one attached hydrogen (secondary N) is 1. The molecule has 0 aromatic heterocycles. The Hall–Kier alpha value is -0.810. The van der Waals surface area contributed by atoms with Gasteiger partial charge in [-0.3, -0.25) is 0 Å². The van der Waals surface area contributed by atoms with Crippen molar-refractivity contribution < 1.29 is 14.3 Å². The van der Waals surface area contributed by atoms with Gasteiger partial charge in [-0.1, -0.05) is 0 Å². The van der Waals surface area contributed by atoms with Crippen LogP contribution in [0.3, 0.4) is 0 Å². The Morgan fingerprint density at radius 3 is 2.52 bits per heavy atom. The first-order valence-electron chi connectivity index (χ1n) is 7.89. The molecular formula is C16H32N2O3. The zero-order chi connectivity index (χ0) is 16.1. The van der Waals surface area contributed by atoms with Crippen molar-refractivity contribution >= 4 is 6.09 Å². The number of rotatable bonds is 5. The maximum absolute atomic E-state index is 12.1. The fourth-order valence-electron chi connectivity index (χ4n) is 2.32. The van der Waals surface area contributed by atoms with Gasteiger partial charge in [0.15, 0.2) is 0 Å². The Balaban J connectivity index is 2.37. The number of amides is 1. The molecule has 5 heteroatoms. The largest absolute Gasteiger partial charge is 0.444 e. The van der Waals surface area contributed by atoms with E-state index >= 15 is 0 Å². The van der Waals surface area contributed by atoms with Crippen LogP contribution in [0.2, 0.25) is 0 Å². The van der Waals surface area contributed by atoms with Crippen LogP contribution < -0.4 is 5.32 Å². The summed E-state index contributed by atoms with van der Waals surface area (Å²) in [6, 6.07) is 0.346. The fourth-order valence-corrected chi connectivity index (χ4v) is 2.32. The Morgan fingerprint density at radius 2 is 1.95 bits per heavy atom. The van der Waals surface area contributed by atoms with Crippen molar-refractivity contribution in [2.45, 2.75) is 71.1 Å². The predicted octanol–water partition coefficient (Wildman–Crippen LogP) is 2.79. The lowest BCUT2D eigenvalue weighted by atomic mass is 10.0. The molecule has 1 fully saturated rings. The molecule has 0 bridgehead atoms. The van der Waals surface area contributed by atoms with Gasteiger partial charge in [-0.05, 0) is 60.4 Å². The summed E-state index contributed by atoms with van der Waals surface area (Å²) in [5.41, 5.74) is -0.535. The molecular weight excluding hydrogens is 268 g/mol. The van der Waals surface area contributed by atoms with Gasteiger partial charge < -0.3 is 19.7 Å². The standard InChI is InChI=1S/C16H32N2O3/c1-15(2,3)21-14(19)18-11-7-8-13(12-18)17-10-9-16(4,5)20-6/h13,17H,7-12H2,1-6H3. The topological polar surface area (TPSA) is 50.8 Å². The van der Waals surface area contributed by atoms with Crippen molar-refractivity contribution in [3.8, 4) is 0 Å². The molecule has 1 aliphatic rings. The van der Waals surface area contributed by atoms with Crippen LogP contribution in [0.1, 0.15) is 53.9 Å². The summed E-state index contributed by atoms with van der Waals surface area (Å²) < 4.78 is 10.9. The predicted molar refractivity (Wildman–Crippen MR) is 84.5 cm³/mol. The molecule has 0 radical (unpaired) electrons. The lowest BCUT2D eigenvalue weighted by molar-refractivity contribution is 0.0112. The van der Waals surface area contributed by atoms with Gasteiger partial charge in [-0.2, -0.15) is 0 Å². The molecule has 1 aliphatic heterocycles. The lowest BCUT2D eigenvalue weighted by Crippen LogP contribution is -2.50. The summed E-state index contributed by atoms with van der Waals surface area (Å²) >= 11 is 0. The molecule has 1 amide bonds. The van der Waals surface area contributed by atoms with Crippen LogP contribution in [0, 0.1) is 0 Å². The van der Waals surface area contributed by atoms with Crippen LogP contribution in [0.25, 0.3) is 0 Å². The van der Waals surface area contributed by atoms with E-state index in [0.717, 1.165) is 38.9 Å². The average Bonchev–Trinajstić information content (AvgIpc) is 2.37. The third-order valence-corrected chi connectivity index (χ3v) is 3.79. The van der Waals surface area contributed by atoms with Crippen LogP contribution in [0.5, 0.6) is 0 Å². The molecule has 5 nitrogen and oxygen atoms in total. The van der Waals surface area contributed by atoms with Crippen molar-refractivity contribution in [2.24, 2.45) is 0 Å². The van der Waals surface area contributed by atoms with E-state index in [9.17, 15) is 4.79 Å². The van der Waals surface area contributed by atoms with E-state index in [1.807, 2.05) is 25.7 Å². The molecule has 1 atom stereocenters. The van der Waals surface area contributed by atoms with E-state index in [4.69, 9.17) is 9.47 Å². The molecule has 0 aromatic rings. The smallest absolute Gasteiger partial charge is 0.410 e. The number of ether oxygens (including phenoxy) is 2. The molecule has 1 unspecified atom stereocenters. The summed E-state index contributed by atoms with van der Waals surface area (Å²) in [5.74, 6) is 0. The van der Waals surface area contributed by atoms with Crippen molar-refractivity contribution in [1.29, 1.82) is 0 Å². The molecule has 0 saturated carbocycles. The zero-order valence-corrected chi connectivity index (χ0v) is 14.5. The summed E-state index contributed by atoms with van der Waals surface area (Å²) in [6.07, 6.45) is 2.87. The van der Waals surface area contributed by atoms with Gasteiger partial charge in [0.1, 0.15) is 5.60 Å². The first-order chi connectivity index (χ1) is 9.63. The minimum atomic E-state index is -0.431. The van der Waals surface area contributed by atoms with Crippen molar-refractivity contribution in [3.63, 3.8) is 0 Å². The highest BCUT2D eigenvalue weighted by Gasteiger charge is 2.27. The quantitative estimate of drug-likeness (QED) is 0.848. The maximum atomic E-state index is 12.1. The van der Waals surface area contributed by atoms with Crippen LogP contribution in [-0.2, 0) is 9.47 Å². The summed E-state index contributed by atoms with van der Waals surface area (Å²) in [7, 11) is 1.74. The second-order valence-corrected chi connectivity index (χ2v) is 7.43. The van der Waals surface area contributed by atoms with E-state index in [2.05, 4.69) is 19.2 Å². The summed E-state index contributed by atoms with van der Waals surface area (Å²) in [6.45, 7) is 12.3. The number of nitrogens with zero attached hydrogens (tertiary/aromatic N) is 1. The molecule has 0 aliphatic carbocycles. The number of piperidine rings is 1. The van der Waals surface area contributed by atoms with Gasteiger partial charge in [-0.25, -0.2) is 4.79 Å². The normalized spacial score (nSPS) is 20.5. The molecule has 1 heterocycles. The summed E-state index contributed by atoms with van der Waals surface area (Å²) in [5, 5.41) is 3.53. The van der Waals surface area contributed by atoms with E-state index in [-0.39, 0.29) is 11.7 Å². The monoisotopic (exact) mass is 300 g/mol. The average molecular weight is 300 g/mol. The highest BCUT2D eigenvalue weighted by atomic mass is 16.6. The molecule has 1 saturated heterocycles. The first kappa shape index (κ1) is 18.2. The highest BCUT2D eigenvalue weighted by Crippen LogP contribution is 2.16. The summed E-state index contributed by atoms with van der Waals surface area (Å²) in [4.78, 5) is 13.9. The SMILES string of the molecule is COC(C)(C)CCNC1CCCN(C(=O)OC(C)(C)C)C1. The van der Waals surface area contributed by atoms with E-state index < -0.39 is 5.60 Å². The van der Waals surface area contributed by atoms with E-state index in [0.29, 0.717) is 6.04 Å². The number of hydrogen-bond donors (Lipinski definition) is 1. The van der Waals surface area contributed by atoms with Gasteiger partial charge >= 0.3 is 6.09 Å². The highest BCUT2D eigenvalue weighted by molar-refractivity contribution is 5.68. The Bertz CT molecular complexity index is 337. The molecule has 124 valence electrons. The number of carbonyl (C=O) groups is 1. The third kappa shape index (κ3) is 7.14. The van der Waals surface area contributed by atoms with Crippen molar-refractivity contribution in [2.75, 3.05) is 26.7 Å². The van der Waals surface area contributed by atoms with E-state index in [1.165, 1.54) is 0 Å². The van der Waals surface area contributed by atoms with Gasteiger partial charge in [0.25, 0.3) is 0 Å². The second kappa shape index (κ2) is 7.45. The van der Waals surface area contributed by atoms with Gasteiger partial charge in [0.2, 0.25) is 0 Å². The number of hydrogen-bond acceptors (Lipinski definition) is 4. The fraction of sp³-hybridized carbons (Fsp3) is 0.938. The Labute approximate surface area is 129 Å². The number of likely N-dealkylation sites (tertiary alicyclic amines) is 1. The van der Waals surface area contributed by atoms with Gasteiger partial charge in [0.05, 0.1) is 5.60 Å². The molecule has 21 heavy (non-hydrogen) atoms. The van der Waals surface area contributed by atoms with Crippen LogP contribution in [0.15, 0.2) is 0 Å². The van der Waals surface area contributed by atoms with Gasteiger partial charge in [0, 0.05) is 26.2 Å². The van der Waals surface area contributed by atoms with Crippen LogP contribution >= 0.6 is 0 Å². The van der Waals surface area contributed by atoms with Crippen LogP contribution in [-0.4, -0.2) is 55.0 Å². The minimum absolute atomic E-state index is 0.105. The van der Waals surface area contributed by atoms with E-state index in [1.54, 1.807) is 7.11 Å². The van der Waals surface area contributed by atoms with Crippen LogP contribution in [0.4, 0.5) is 4.79 Å². The molecule has 1 N–H and O–H groups in total. The molecule has 0 spiro atoms. The maximum Gasteiger partial charge on any atom is 0.410 e. The minimum Gasteiger partial charge on any atom is -0.444 e. The molecule has 1 rings (SSSR count). The van der Waals surface area contributed by atoms with Crippen molar-refractivity contribution in [1.82, 2.24) is 10.2 Å². The molecule has 0 aromatic carbocycles. The van der Waals surface area contributed by atoms with Gasteiger partial charge in [-0.15, -0.1) is 0 Å². The Kier molecular flexibility index (Phi) is 6.47. The third-order valence-electron chi connectivity index (χ3n) is 3.79. The first-order valence-corrected chi connectivity index (χ1v) is 7.89. The zero-order valence-electron chi connectivity index (χ0n) is 14.5. The number of carbonyl (C=O) groups excluding carboxylic acids is 1. The number of methoxy groups -OCH3 is 1. The van der Waals surface area contributed by atoms with Crippen molar-refractivity contribution in [3.05, 3.63) is 0 Å². The second-order valence-electron chi connectivity index (χ2n) is 7.43. The lowest BCUT2D eigenvalue weighted by Gasteiger charge is -2.35.